The number of hydrogen-bond acceptors (Lipinski definition) is 1. The van der Waals surface area contributed by atoms with Gasteiger partial charge in [-0.05, 0) is 31.8 Å². The first-order valence-electron chi connectivity index (χ1n) is 3.96. The van der Waals surface area contributed by atoms with Gasteiger partial charge in [-0.15, -0.1) is 11.6 Å². The molecular weight excluding hydrogens is 181 g/mol. The van der Waals surface area contributed by atoms with E-state index in [9.17, 15) is 0 Å². The van der Waals surface area contributed by atoms with E-state index in [1.165, 1.54) is 12.8 Å². The molecule has 64 valence electrons. The van der Waals surface area contributed by atoms with E-state index < -0.39 is 0 Å². The van der Waals surface area contributed by atoms with Crippen molar-refractivity contribution in [1.29, 1.82) is 0 Å². The van der Waals surface area contributed by atoms with Crippen molar-refractivity contribution in [2.24, 2.45) is 5.92 Å². The summed E-state index contributed by atoms with van der Waals surface area (Å²) < 4.78 is 0. The van der Waals surface area contributed by atoms with Gasteiger partial charge in [-0.3, -0.25) is 0 Å². The molecule has 1 rings (SSSR count). The normalized spacial score (nSPS) is 22.2. The van der Waals surface area contributed by atoms with Crippen LogP contribution in [0.25, 0.3) is 0 Å². The zero-order valence-electron chi connectivity index (χ0n) is 6.45. The zero-order valence-corrected chi connectivity index (χ0v) is 7.96. The van der Waals surface area contributed by atoms with Gasteiger partial charge < -0.3 is 5.32 Å². The molecule has 0 amide bonds. The Bertz CT molecular complexity index is 139. The fourth-order valence-corrected chi connectivity index (χ4v) is 1.58. The summed E-state index contributed by atoms with van der Waals surface area (Å²) in [5, 5.41) is 4.09. The molecule has 0 aromatic rings. The first kappa shape index (κ1) is 9.37. The van der Waals surface area contributed by atoms with Crippen molar-refractivity contribution in [3.8, 4) is 0 Å². The van der Waals surface area contributed by atoms with Gasteiger partial charge in [-0.25, -0.2) is 0 Å². The third-order valence-electron chi connectivity index (χ3n) is 1.93. The molecular formula is C8H13Cl2N. The minimum absolute atomic E-state index is 0.450. The first-order valence-corrected chi connectivity index (χ1v) is 4.87. The van der Waals surface area contributed by atoms with E-state index >= 15 is 0 Å². The minimum atomic E-state index is 0.450. The van der Waals surface area contributed by atoms with E-state index in [0.29, 0.717) is 11.8 Å². The smallest absolute Gasteiger partial charge is 0.0578 e. The van der Waals surface area contributed by atoms with E-state index in [-0.39, 0.29) is 0 Å². The SMILES string of the molecule is ClC/C(Cl)=C/C1CCNCC1. The van der Waals surface area contributed by atoms with Crippen molar-refractivity contribution >= 4 is 23.2 Å². The Kier molecular flexibility index (Phi) is 4.28. The fraction of sp³-hybridized carbons (Fsp3) is 0.750. The lowest BCUT2D eigenvalue weighted by Gasteiger charge is -2.19. The molecule has 1 N–H and O–H groups in total. The third kappa shape index (κ3) is 3.46. The number of alkyl halides is 1. The maximum absolute atomic E-state index is 5.81. The Morgan fingerprint density at radius 3 is 2.64 bits per heavy atom. The number of halogens is 2. The Morgan fingerprint density at radius 1 is 1.45 bits per heavy atom. The van der Waals surface area contributed by atoms with Gasteiger partial charge in [0.05, 0.1) is 5.88 Å². The predicted molar refractivity (Wildman–Crippen MR) is 50.2 cm³/mol. The highest BCUT2D eigenvalue weighted by molar-refractivity contribution is 6.35. The van der Waals surface area contributed by atoms with Crippen molar-refractivity contribution in [3.05, 3.63) is 11.1 Å². The average molecular weight is 194 g/mol. The highest BCUT2D eigenvalue weighted by Gasteiger charge is 2.10. The second-order valence-electron chi connectivity index (χ2n) is 2.83. The Morgan fingerprint density at radius 2 is 2.09 bits per heavy atom. The molecule has 1 saturated heterocycles. The molecule has 0 radical (unpaired) electrons. The molecule has 3 heteroatoms. The van der Waals surface area contributed by atoms with Gasteiger partial charge >= 0.3 is 0 Å². The summed E-state index contributed by atoms with van der Waals surface area (Å²) in [6.45, 7) is 2.21. The monoisotopic (exact) mass is 193 g/mol. The summed E-state index contributed by atoms with van der Waals surface area (Å²) >= 11 is 11.4. The van der Waals surface area contributed by atoms with Crippen molar-refractivity contribution in [2.45, 2.75) is 12.8 Å². The summed E-state index contributed by atoms with van der Waals surface area (Å²) in [6.07, 6.45) is 4.47. The maximum atomic E-state index is 5.81. The number of piperidine rings is 1. The highest BCUT2D eigenvalue weighted by Crippen LogP contribution is 2.17. The molecule has 0 aliphatic carbocycles. The lowest BCUT2D eigenvalue weighted by atomic mass is 9.98. The lowest BCUT2D eigenvalue weighted by Crippen LogP contribution is -2.26. The van der Waals surface area contributed by atoms with E-state index in [4.69, 9.17) is 23.2 Å². The van der Waals surface area contributed by atoms with Gasteiger partial charge in [0.2, 0.25) is 0 Å². The average Bonchev–Trinajstić information content (AvgIpc) is 2.06. The second-order valence-corrected chi connectivity index (χ2v) is 3.59. The molecule has 0 aromatic carbocycles. The van der Waals surface area contributed by atoms with Gasteiger partial charge in [0, 0.05) is 5.03 Å². The van der Waals surface area contributed by atoms with Gasteiger partial charge in [0.25, 0.3) is 0 Å². The van der Waals surface area contributed by atoms with Crippen molar-refractivity contribution < 1.29 is 0 Å². The molecule has 0 atom stereocenters. The lowest BCUT2D eigenvalue weighted by molar-refractivity contribution is 0.436. The largest absolute Gasteiger partial charge is 0.317 e. The van der Waals surface area contributed by atoms with Crippen molar-refractivity contribution in [2.75, 3.05) is 19.0 Å². The van der Waals surface area contributed by atoms with Crippen LogP contribution in [0.3, 0.4) is 0 Å². The molecule has 0 spiro atoms. The molecule has 11 heavy (non-hydrogen) atoms. The summed E-state index contributed by atoms with van der Waals surface area (Å²) in [6, 6.07) is 0. The Labute approximate surface area is 77.8 Å². The molecule has 1 nitrogen and oxygen atoms in total. The van der Waals surface area contributed by atoms with Crippen LogP contribution in [0.15, 0.2) is 11.1 Å². The Hall–Kier alpha value is 0.280. The highest BCUT2D eigenvalue weighted by atomic mass is 35.5. The van der Waals surface area contributed by atoms with Gasteiger partial charge in [-0.1, -0.05) is 17.7 Å². The molecule has 0 unspecified atom stereocenters. The quantitative estimate of drug-likeness (QED) is 0.665. The molecule has 0 aromatic heterocycles. The van der Waals surface area contributed by atoms with Crippen LogP contribution in [-0.4, -0.2) is 19.0 Å². The van der Waals surface area contributed by atoms with Crippen molar-refractivity contribution in [3.63, 3.8) is 0 Å². The van der Waals surface area contributed by atoms with E-state index in [1.54, 1.807) is 0 Å². The van der Waals surface area contributed by atoms with Gasteiger partial charge in [0.15, 0.2) is 0 Å². The molecule has 1 heterocycles. The third-order valence-corrected chi connectivity index (χ3v) is 2.61. The molecule has 1 fully saturated rings. The summed E-state index contributed by atoms with van der Waals surface area (Å²) in [5.41, 5.74) is 0. The molecule has 0 bridgehead atoms. The summed E-state index contributed by atoms with van der Waals surface area (Å²) in [4.78, 5) is 0. The zero-order chi connectivity index (χ0) is 8.10. The first-order chi connectivity index (χ1) is 5.33. The standard InChI is InChI=1S/C8H13Cl2N/c9-6-8(10)5-7-1-3-11-4-2-7/h5,7,11H,1-4,6H2/b8-5-. The van der Waals surface area contributed by atoms with Crippen molar-refractivity contribution in [1.82, 2.24) is 5.32 Å². The van der Waals surface area contributed by atoms with Crippen LogP contribution in [0.2, 0.25) is 0 Å². The molecule has 1 aliphatic rings. The number of allylic oxidation sites excluding steroid dienone is 2. The fourth-order valence-electron chi connectivity index (χ4n) is 1.31. The van der Waals surface area contributed by atoms with Crippen LogP contribution < -0.4 is 5.32 Å². The molecule has 0 saturated carbocycles. The van der Waals surface area contributed by atoms with Gasteiger partial charge in [0.1, 0.15) is 0 Å². The predicted octanol–water partition coefficient (Wildman–Crippen LogP) is 2.35. The van der Waals surface area contributed by atoms with Crippen LogP contribution >= 0.6 is 23.2 Å². The van der Waals surface area contributed by atoms with Crippen LogP contribution in [0.1, 0.15) is 12.8 Å². The number of rotatable bonds is 2. The van der Waals surface area contributed by atoms with Crippen LogP contribution in [0.4, 0.5) is 0 Å². The Balaban J connectivity index is 2.34. The van der Waals surface area contributed by atoms with E-state index in [1.807, 2.05) is 0 Å². The topological polar surface area (TPSA) is 12.0 Å². The van der Waals surface area contributed by atoms with E-state index in [0.717, 1.165) is 18.1 Å². The number of nitrogens with one attached hydrogen (secondary N) is 1. The second kappa shape index (κ2) is 5.02. The van der Waals surface area contributed by atoms with Crippen LogP contribution in [0.5, 0.6) is 0 Å². The number of hydrogen-bond donors (Lipinski definition) is 1. The summed E-state index contributed by atoms with van der Waals surface area (Å²) in [5.74, 6) is 1.09. The summed E-state index contributed by atoms with van der Waals surface area (Å²) in [7, 11) is 0. The minimum Gasteiger partial charge on any atom is -0.317 e. The van der Waals surface area contributed by atoms with Gasteiger partial charge in [-0.2, -0.15) is 0 Å². The van der Waals surface area contributed by atoms with E-state index in [2.05, 4.69) is 11.4 Å². The maximum Gasteiger partial charge on any atom is 0.0578 e. The van der Waals surface area contributed by atoms with Crippen LogP contribution in [0, 0.1) is 5.92 Å². The van der Waals surface area contributed by atoms with Crippen LogP contribution in [-0.2, 0) is 0 Å². The molecule has 1 aliphatic heterocycles.